The molecule has 216 valence electrons. The highest BCUT2D eigenvalue weighted by Crippen LogP contribution is 2.63. The fourth-order valence-electron chi connectivity index (χ4n) is 7.89. The Bertz CT molecular complexity index is 2490. The number of fused-ring (bicyclic) bond motifs is 12. The van der Waals surface area contributed by atoms with E-state index in [4.69, 9.17) is 4.42 Å². The molecule has 10 rings (SSSR count). The number of para-hydroxylation sites is 2. The Morgan fingerprint density at radius 3 is 2.13 bits per heavy atom. The van der Waals surface area contributed by atoms with Crippen molar-refractivity contribution < 1.29 is 4.42 Å². The second-order valence-electron chi connectivity index (χ2n) is 12.1. The molecule has 3 heteroatoms. The first-order chi connectivity index (χ1) is 22.8. The summed E-state index contributed by atoms with van der Waals surface area (Å²) in [7, 11) is 0. The van der Waals surface area contributed by atoms with E-state index in [1.54, 1.807) is 0 Å². The summed E-state index contributed by atoms with van der Waals surface area (Å²) in [6.45, 7) is 0. The monoisotopic (exact) mass is 605 g/mol. The van der Waals surface area contributed by atoms with Gasteiger partial charge in [-0.2, -0.15) is 0 Å². The fourth-order valence-corrected chi connectivity index (χ4v) is 9.12. The quantitative estimate of drug-likeness (QED) is 0.217. The normalized spacial score (nSPS) is 15.8. The number of nitrogens with one attached hydrogen (secondary N) is 1. The van der Waals surface area contributed by atoms with E-state index in [9.17, 15) is 0 Å². The van der Waals surface area contributed by atoms with E-state index in [0.29, 0.717) is 0 Å². The lowest BCUT2D eigenvalue weighted by Gasteiger charge is -2.40. The smallest absolute Gasteiger partial charge is 0.158 e. The highest BCUT2D eigenvalue weighted by molar-refractivity contribution is 7.99. The van der Waals surface area contributed by atoms with Gasteiger partial charge in [0, 0.05) is 26.3 Å². The fraction of sp³-hybridized carbons (Fsp3) is 0.0233. The molecular weight excluding hydrogens is 579 g/mol. The lowest BCUT2D eigenvalue weighted by molar-refractivity contribution is 0.670. The largest absolute Gasteiger partial charge is 0.454 e. The van der Waals surface area contributed by atoms with E-state index in [2.05, 4.69) is 151 Å². The lowest BCUT2D eigenvalue weighted by atomic mass is 9.67. The molecule has 2 aliphatic rings. The average Bonchev–Trinajstić information content (AvgIpc) is 3.64. The first-order valence-corrected chi connectivity index (χ1v) is 16.5. The van der Waals surface area contributed by atoms with Crippen LogP contribution in [0.5, 0.6) is 0 Å². The molecule has 1 aromatic heterocycles. The van der Waals surface area contributed by atoms with E-state index < -0.39 is 5.41 Å². The van der Waals surface area contributed by atoms with Crippen molar-refractivity contribution in [2.24, 2.45) is 0 Å². The van der Waals surface area contributed by atoms with Crippen LogP contribution >= 0.6 is 11.8 Å². The van der Waals surface area contributed by atoms with E-state index in [1.807, 2.05) is 23.9 Å². The molecule has 1 aliphatic heterocycles. The zero-order valence-electron chi connectivity index (χ0n) is 24.8. The molecule has 0 amide bonds. The molecule has 0 fully saturated rings. The summed E-state index contributed by atoms with van der Waals surface area (Å²) in [6.07, 6.45) is 0. The Morgan fingerprint density at radius 2 is 1.20 bits per heavy atom. The van der Waals surface area contributed by atoms with Gasteiger partial charge in [0.2, 0.25) is 0 Å². The zero-order valence-corrected chi connectivity index (χ0v) is 25.6. The molecule has 1 unspecified atom stereocenters. The minimum Gasteiger partial charge on any atom is -0.454 e. The van der Waals surface area contributed by atoms with Crippen molar-refractivity contribution >= 4 is 45.1 Å². The predicted molar refractivity (Wildman–Crippen MR) is 190 cm³/mol. The average molecular weight is 606 g/mol. The maximum absolute atomic E-state index is 6.35. The number of benzene rings is 7. The van der Waals surface area contributed by atoms with Crippen LogP contribution in [0.2, 0.25) is 0 Å². The Hall–Kier alpha value is -5.51. The van der Waals surface area contributed by atoms with Crippen LogP contribution in [0.15, 0.2) is 172 Å². The number of hydrogen-bond donors (Lipinski definition) is 1. The summed E-state index contributed by atoms with van der Waals surface area (Å²) in [5, 5.41) is 5.98. The van der Waals surface area contributed by atoms with Gasteiger partial charge in [0.25, 0.3) is 0 Å². The maximum Gasteiger partial charge on any atom is 0.158 e. The molecule has 1 spiro atoms. The summed E-state index contributed by atoms with van der Waals surface area (Å²) >= 11 is 1.86. The molecule has 1 aliphatic carbocycles. The molecule has 0 bridgehead atoms. The molecule has 46 heavy (non-hydrogen) atoms. The second-order valence-corrected chi connectivity index (χ2v) is 13.2. The molecule has 2 nitrogen and oxygen atoms in total. The van der Waals surface area contributed by atoms with Crippen molar-refractivity contribution in [1.82, 2.24) is 0 Å². The van der Waals surface area contributed by atoms with Gasteiger partial charge >= 0.3 is 0 Å². The Labute approximate surface area is 271 Å². The van der Waals surface area contributed by atoms with Crippen LogP contribution in [-0.4, -0.2) is 0 Å². The molecule has 0 saturated heterocycles. The van der Waals surface area contributed by atoms with Gasteiger partial charge in [0.05, 0.1) is 11.1 Å². The van der Waals surface area contributed by atoms with Crippen LogP contribution < -0.4 is 5.32 Å². The lowest BCUT2D eigenvalue weighted by Crippen LogP contribution is -2.32. The van der Waals surface area contributed by atoms with Crippen LogP contribution in [0.3, 0.4) is 0 Å². The third-order valence-electron chi connectivity index (χ3n) is 9.73. The standard InChI is InChI=1S/C43H27NOS/c1-2-12-27(13-3-1)29-16-10-20-36-41(29)32-15-4-6-18-33(32)43(36)34-19-7-9-23-39(34)46-40-26-28(24-25-35(40)43)44-37-21-11-17-31-30-14-5-8-22-38(30)45-42(31)37/h1-26,44H. The van der Waals surface area contributed by atoms with Gasteiger partial charge in [-0.05, 0) is 74.8 Å². The van der Waals surface area contributed by atoms with Crippen LogP contribution in [0.1, 0.15) is 22.3 Å². The van der Waals surface area contributed by atoms with Crippen molar-refractivity contribution in [3.63, 3.8) is 0 Å². The summed E-state index contributed by atoms with van der Waals surface area (Å²) in [4.78, 5) is 2.55. The van der Waals surface area contributed by atoms with Crippen LogP contribution in [-0.2, 0) is 5.41 Å². The third-order valence-corrected chi connectivity index (χ3v) is 10.9. The van der Waals surface area contributed by atoms with Crippen LogP contribution in [0.25, 0.3) is 44.2 Å². The van der Waals surface area contributed by atoms with Gasteiger partial charge in [-0.3, -0.25) is 0 Å². The SMILES string of the molecule is c1ccc(-c2cccc3c2-c2ccccc2C32c3ccccc3Sc3cc(Nc4cccc5c4oc4ccccc45)ccc32)cc1. The van der Waals surface area contributed by atoms with Crippen LogP contribution in [0.4, 0.5) is 11.4 Å². The van der Waals surface area contributed by atoms with Crippen molar-refractivity contribution in [2.75, 3.05) is 5.32 Å². The molecule has 7 aromatic carbocycles. The molecular formula is C43H27NOS. The van der Waals surface area contributed by atoms with Crippen molar-refractivity contribution in [1.29, 1.82) is 0 Å². The Morgan fingerprint density at radius 1 is 0.500 bits per heavy atom. The minimum absolute atomic E-state index is 0.425. The minimum atomic E-state index is -0.425. The van der Waals surface area contributed by atoms with Gasteiger partial charge in [0.15, 0.2) is 5.58 Å². The molecule has 1 N–H and O–H groups in total. The summed E-state index contributed by atoms with van der Waals surface area (Å²) in [5.74, 6) is 0. The summed E-state index contributed by atoms with van der Waals surface area (Å²) in [5.41, 5.74) is 13.9. The first kappa shape index (κ1) is 25.8. The van der Waals surface area contributed by atoms with Crippen molar-refractivity contribution in [2.45, 2.75) is 15.2 Å². The molecule has 8 aromatic rings. The van der Waals surface area contributed by atoms with E-state index in [-0.39, 0.29) is 0 Å². The third kappa shape index (κ3) is 3.49. The van der Waals surface area contributed by atoms with E-state index in [1.165, 1.54) is 54.3 Å². The number of rotatable bonds is 3. The number of anilines is 2. The van der Waals surface area contributed by atoms with Crippen LogP contribution in [0, 0.1) is 0 Å². The highest BCUT2D eigenvalue weighted by atomic mass is 32.2. The Balaban J connectivity index is 1.19. The van der Waals surface area contributed by atoms with Gasteiger partial charge in [-0.25, -0.2) is 0 Å². The maximum atomic E-state index is 6.35. The van der Waals surface area contributed by atoms with E-state index in [0.717, 1.165) is 33.3 Å². The number of hydrogen-bond acceptors (Lipinski definition) is 3. The molecule has 0 radical (unpaired) electrons. The molecule has 2 heterocycles. The number of furan rings is 1. The van der Waals surface area contributed by atoms with Gasteiger partial charge in [0.1, 0.15) is 5.58 Å². The Kier molecular flexibility index (Phi) is 5.46. The topological polar surface area (TPSA) is 25.2 Å². The molecule has 0 saturated carbocycles. The van der Waals surface area contributed by atoms with Gasteiger partial charge in [-0.15, -0.1) is 0 Å². The summed E-state index contributed by atoms with van der Waals surface area (Å²) in [6, 6.07) is 57.1. The first-order valence-electron chi connectivity index (χ1n) is 15.7. The predicted octanol–water partition coefficient (Wildman–Crippen LogP) is 11.8. The van der Waals surface area contributed by atoms with Crippen molar-refractivity contribution in [3.8, 4) is 22.3 Å². The van der Waals surface area contributed by atoms with Crippen molar-refractivity contribution in [3.05, 3.63) is 180 Å². The molecule has 1 atom stereocenters. The van der Waals surface area contributed by atoms with E-state index >= 15 is 0 Å². The highest BCUT2D eigenvalue weighted by Gasteiger charge is 2.50. The zero-order chi connectivity index (χ0) is 30.2. The summed E-state index contributed by atoms with van der Waals surface area (Å²) < 4.78 is 6.35. The van der Waals surface area contributed by atoms with Gasteiger partial charge < -0.3 is 9.73 Å². The van der Waals surface area contributed by atoms with Gasteiger partial charge in [-0.1, -0.05) is 139 Å². The second kappa shape index (κ2) is 9.74.